The Labute approximate surface area is 145 Å². The van der Waals surface area contributed by atoms with E-state index in [-0.39, 0.29) is 0 Å². The average Bonchev–Trinajstić information content (AvgIpc) is 3.24. The minimum absolute atomic E-state index is 0.575. The van der Waals surface area contributed by atoms with Crippen LogP contribution in [0.1, 0.15) is 16.1 Å². The number of carbonyl (C=O) groups is 1. The van der Waals surface area contributed by atoms with E-state index in [0.717, 1.165) is 32.9 Å². The number of aryl methyl sites for hydroxylation is 1. The molecule has 23 heavy (non-hydrogen) atoms. The van der Waals surface area contributed by atoms with Crippen molar-refractivity contribution in [1.29, 1.82) is 0 Å². The number of benzene rings is 1. The first kappa shape index (κ1) is 14.6. The van der Waals surface area contributed by atoms with Crippen LogP contribution < -0.4 is 0 Å². The smallest absolute Gasteiger partial charge is 0.195 e. The second kappa shape index (κ2) is 5.60. The number of imidazole rings is 1. The molecule has 0 aliphatic heterocycles. The van der Waals surface area contributed by atoms with Crippen molar-refractivity contribution in [2.24, 2.45) is 0 Å². The van der Waals surface area contributed by atoms with Crippen LogP contribution in [0.4, 0.5) is 0 Å². The van der Waals surface area contributed by atoms with Crippen LogP contribution in [0.2, 0.25) is 5.02 Å². The zero-order valence-electron chi connectivity index (χ0n) is 12.1. The fourth-order valence-corrected chi connectivity index (χ4v) is 4.41. The summed E-state index contributed by atoms with van der Waals surface area (Å²) in [6.07, 6.45) is 0.878. The summed E-state index contributed by atoms with van der Waals surface area (Å²) >= 11 is 9.29. The minimum Gasteiger partial charge on any atom is -0.296 e. The summed E-state index contributed by atoms with van der Waals surface area (Å²) in [6, 6.07) is 9.76. The lowest BCUT2D eigenvalue weighted by Gasteiger charge is -2.03. The van der Waals surface area contributed by atoms with Crippen molar-refractivity contribution < 1.29 is 4.79 Å². The molecular weight excluding hydrogens is 348 g/mol. The van der Waals surface area contributed by atoms with Gasteiger partial charge in [-0.25, -0.2) is 4.98 Å². The van der Waals surface area contributed by atoms with Gasteiger partial charge in [0.15, 0.2) is 11.2 Å². The second-order valence-electron chi connectivity index (χ2n) is 5.14. The first-order chi connectivity index (χ1) is 11.2. The normalized spacial score (nSPS) is 11.2. The van der Waals surface area contributed by atoms with E-state index >= 15 is 0 Å². The number of carbonyl (C=O) groups excluding carboxylic acids is 1. The number of nitrogens with zero attached hydrogens (tertiary/aromatic N) is 2. The summed E-state index contributed by atoms with van der Waals surface area (Å²) in [5, 5.41) is 4.78. The first-order valence-corrected chi connectivity index (χ1v) is 9.08. The Bertz CT molecular complexity index is 1020. The summed E-state index contributed by atoms with van der Waals surface area (Å²) in [6.45, 7) is 1.95. The van der Waals surface area contributed by atoms with Gasteiger partial charge in [0.05, 0.1) is 10.6 Å². The van der Waals surface area contributed by atoms with Crippen LogP contribution in [0.5, 0.6) is 0 Å². The van der Waals surface area contributed by atoms with Gasteiger partial charge in [-0.2, -0.15) is 0 Å². The highest BCUT2D eigenvalue weighted by Crippen LogP contribution is 2.34. The molecule has 0 saturated heterocycles. The van der Waals surface area contributed by atoms with E-state index in [0.29, 0.717) is 16.4 Å². The van der Waals surface area contributed by atoms with Gasteiger partial charge in [0, 0.05) is 16.0 Å². The molecule has 0 radical (unpaired) electrons. The van der Waals surface area contributed by atoms with Crippen molar-refractivity contribution in [3.63, 3.8) is 0 Å². The summed E-state index contributed by atoms with van der Waals surface area (Å²) in [5.74, 6) is 0. The quantitative estimate of drug-likeness (QED) is 0.449. The summed E-state index contributed by atoms with van der Waals surface area (Å²) in [5.41, 5.74) is 4.15. The lowest BCUT2D eigenvalue weighted by atomic mass is 10.1. The van der Waals surface area contributed by atoms with E-state index in [2.05, 4.69) is 4.98 Å². The van der Waals surface area contributed by atoms with Crippen molar-refractivity contribution in [3.05, 3.63) is 57.4 Å². The van der Waals surface area contributed by atoms with Crippen LogP contribution in [0.3, 0.4) is 0 Å². The van der Waals surface area contributed by atoms with Crippen LogP contribution >= 0.6 is 34.3 Å². The van der Waals surface area contributed by atoms with Gasteiger partial charge in [-0.1, -0.05) is 23.7 Å². The van der Waals surface area contributed by atoms with Crippen LogP contribution in [-0.4, -0.2) is 15.7 Å². The van der Waals surface area contributed by atoms with Crippen molar-refractivity contribution in [2.45, 2.75) is 6.92 Å². The number of aromatic nitrogens is 2. The van der Waals surface area contributed by atoms with Crippen molar-refractivity contribution >= 4 is 45.5 Å². The molecule has 0 N–H and O–H groups in total. The molecule has 0 saturated carbocycles. The highest BCUT2D eigenvalue weighted by atomic mass is 35.5. The zero-order valence-corrected chi connectivity index (χ0v) is 14.5. The number of fused-ring (bicyclic) bond motifs is 1. The largest absolute Gasteiger partial charge is 0.296 e. The molecule has 1 aromatic carbocycles. The van der Waals surface area contributed by atoms with Crippen LogP contribution in [-0.2, 0) is 0 Å². The standard InChI is InChI=1S/C17H11ClN2OS2/c1-10-7-11(4-5-12(10)18)16-13(8-21)20-14(9-23-17(20)19-16)15-3-2-6-22-15/h2-9H,1H3. The lowest BCUT2D eigenvalue weighted by Crippen LogP contribution is -1.93. The van der Waals surface area contributed by atoms with Gasteiger partial charge in [0.1, 0.15) is 11.4 Å². The Kier molecular flexibility index (Phi) is 3.56. The van der Waals surface area contributed by atoms with Crippen LogP contribution in [0.25, 0.3) is 26.8 Å². The molecule has 6 heteroatoms. The third-order valence-electron chi connectivity index (χ3n) is 3.72. The minimum atomic E-state index is 0.575. The highest BCUT2D eigenvalue weighted by molar-refractivity contribution is 7.17. The molecule has 0 bridgehead atoms. The molecule has 3 heterocycles. The molecule has 114 valence electrons. The topological polar surface area (TPSA) is 34.4 Å². The maximum atomic E-state index is 11.8. The molecule has 0 fully saturated rings. The number of rotatable bonds is 3. The van der Waals surface area contributed by atoms with Gasteiger partial charge in [-0.3, -0.25) is 9.20 Å². The van der Waals surface area contributed by atoms with Gasteiger partial charge in [-0.05, 0) is 36.1 Å². The molecule has 4 rings (SSSR count). The Morgan fingerprint density at radius 3 is 2.83 bits per heavy atom. The second-order valence-corrected chi connectivity index (χ2v) is 7.34. The fourth-order valence-electron chi connectivity index (χ4n) is 2.59. The molecule has 3 aromatic heterocycles. The summed E-state index contributed by atoms with van der Waals surface area (Å²) in [4.78, 5) is 18.4. The molecule has 4 aromatic rings. The number of halogens is 1. The maximum Gasteiger partial charge on any atom is 0.195 e. The number of aldehydes is 1. The zero-order chi connectivity index (χ0) is 16.0. The van der Waals surface area contributed by atoms with Gasteiger partial charge >= 0.3 is 0 Å². The molecule has 3 nitrogen and oxygen atoms in total. The van der Waals surface area contributed by atoms with E-state index in [4.69, 9.17) is 11.6 Å². The predicted octanol–water partition coefficient (Wildman–Crippen LogP) is 5.57. The molecule has 0 amide bonds. The van der Waals surface area contributed by atoms with Crippen molar-refractivity contribution in [2.75, 3.05) is 0 Å². The van der Waals surface area contributed by atoms with E-state index in [9.17, 15) is 4.79 Å². The van der Waals surface area contributed by atoms with E-state index < -0.39 is 0 Å². The van der Waals surface area contributed by atoms with Gasteiger partial charge in [0.2, 0.25) is 0 Å². The molecule has 0 unspecified atom stereocenters. The van der Waals surface area contributed by atoms with Crippen LogP contribution in [0, 0.1) is 6.92 Å². The first-order valence-electron chi connectivity index (χ1n) is 6.94. The molecule has 0 atom stereocenters. The van der Waals surface area contributed by atoms with Crippen molar-refractivity contribution in [3.8, 4) is 21.8 Å². The lowest BCUT2D eigenvalue weighted by molar-refractivity contribution is 0.111. The predicted molar refractivity (Wildman–Crippen MR) is 97.0 cm³/mol. The monoisotopic (exact) mass is 358 g/mol. The van der Waals surface area contributed by atoms with E-state index in [1.54, 1.807) is 11.3 Å². The molecule has 0 spiro atoms. The summed E-state index contributed by atoms with van der Waals surface area (Å²) in [7, 11) is 0. The average molecular weight is 359 g/mol. The number of hydrogen-bond acceptors (Lipinski definition) is 4. The Morgan fingerprint density at radius 1 is 1.26 bits per heavy atom. The fraction of sp³-hybridized carbons (Fsp3) is 0.0588. The van der Waals surface area contributed by atoms with E-state index in [1.165, 1.54) is 11.3 Å². The Morgan fingerprint density at radius 2 is 2.13 bits per heavy atom. The van der Waals surface area contributed by atoms with E-state index in [1.807, 2.05) is 52.4 Å². The number of hydrogen-bond donors (Lipinski definition) is 0. The molecule has 0 aliphatic carbocycles. The van der Waals surface area contributed by atoms with Gasteiger partial charge in [0.25, 0.3) is 0 Å². The Hall–Kier alpha value is -1.95. The molecule has 0 aliphatic rings. The SMILES string of the molecule is Cc1cc(-c2nc3scc(-c4cccs4)n3c2C=O)ccc1Cl. The number of thiazole rings is 1. The van der Waals surface area contributed by atoms with Gasteiger partial charge in [-0.15, -0.1) is 22.7 Å². The Balaban J connectivity index is 1.98. The highest BCUT2D eigenvalue weighted by Gasteiger charge is 2.19. The number of thiophene rings is 1. The third kappa shape index (κ3) is 2.32. The molecular formula is C17H11ClN2OS2. The summed E-state index contributed by atoms with van der Waals surface area (Å²) < 4.78 is 1.93. The third-order valence-corrected chi connectivity index (χ3v) is 5.86. The van der Waals surface area contributed by atoms with Crippen molar-refractivity contribution in [1.82, 2.24) is 9.38 Å². The van der Waals surface area contributed by atoms with Crippen LogP contribution in [0.15, 0.2) is 41.1 Å². The maximum absolute atomic E-state index is 11.8. The van der Waals surface area contributed by atoms with Gasteiger partial charge < -0.3 is 0 Å².